The van der Waals surface area contributed by atoms with Crippen molar-refractivity contribution < 1.29 is 4.79 Å². The van der Waals surface area contributed by atoms with E-state index in [-0.39, 0.29) is 18.0 Å². The molecule has 1 amide bonds. The van der Waals surface area contributed by atoms with Gasteiger partial charge >= 0.3 is 0 Å². The van der Waals surface area contributed by atoms with E-state index in [1.807, 2.05) is 38.6 Å². The molecule has 2 atom stereocenters. The first-order valence-electron chi connectivity index (χ1n) is 5.57. The molecule has 1 aromatic rings. The van der Waals surface area contributed by atoms with Crippen molar-refractivity contribution in [3.05, 3.63) is 18.2 Å². The summed E-state index contributed by atoms with van der Waals surface area (Å²) in [5, 5.41) is 5.99. The Morgan fingerprint density at radius 3 is 2.75 bits per heavy atom. The van der Waals surface area contributed by atoms with Crippen molar-refractivity contribution >= 4 is 5.91 Å². The van der Waals surface area contributed by atoms with Gasteiger partial charge in [-0.1, -0.05) is 0 Å². The molecule has 1 aromatic heterocycles. The Kier molecular flexibility index (Phi) is 4.49. The molecule has 0 saturated carbocycles. The summed E-state index contributed by atoms with van der Waals surface area (Å²) in [4.78, 5) is 15.8. The van der Waals surface area contributed by atoms with Crippen molar-refractivity contribution in [3.8, 4) is 0 Å². The minimum absolute atomic E-state index is 0.0172. The van der Waals surface area contributed by atoms with Crippen molar-refractivity contribution in [3.63, 3.8) is 0 Å². The summed E-state index contributed by atoms with van der Waals surface area (Å²) in [7, 11) is 1.94. The molecule has 0 aliphatic carbocycles. The highest BCUT2D eigenvalue weighted by Crippen LogP contribution is 2.09. The lowest BCUT2D eigenvalue weighted by molar-refractivity contribution is -0.122. The number of imidazole rings is 1. The predicted octanol–water partition coefficient (Wildman–Crippen LogP) is 0.595. The van der Waals surface area contributed by atoms with Crippen molar-refractivity contribution in [1.82, 2.24) is 20.2 Å². The average molecular weight is 224 g/mol. The van der Waals surface area contributed by atoms with Crippen LogP contribution in [0.3, 0.4) is 0 Å². The van der Waals surface area contributed by atoms with Crippen LogP contribution in [-0.2, 0) is 11.8 Å². The lowest BCUT2D eigenvalue weighted by Gasteiger charge is -2.19. The molecule has 0 saturated heterocycles. The summed E-state index contributed by atoms with van der Waals surface area (Å²) in [5.74, 6) is 0.944. The maximum absolute atomic E-state index is 11.5. The summed E-state index contributed by atoms with van der Waals surface area (Å²) in [6.07, 6.45) is 3.65. The van der Waals surface area contributed by atoms with Gasteiger partial charge in [0.2, 0.25) is 5.91 Å². The van der Waals surface area contributed by atoms with Gasteiger partial charge in [-0.15, -0.1) is 0 Å². The first-order valence-corrected chi connectivity index (χ1v) is 5.57. The molecule has 0 spiro atoms. The van der Waals surface area contributed by atoms with Gasteiger partial charge in [0.05, 0.1) is 12.1 Å². The molecule has 2 N–H and O–H groups in total. The molecular weight excluding hydrogens is 204 g/mol. The van der Waals surface area contributed by atoms with Crippen LogP contribution in [-0.4, -0.2) is 28.0 Å². The van der Waals surface area contributed by atoms with Crippen LogP contribution in [0.4, 0.5) is 0 Å². The van der Waals surface area contributed by atoms with E-state index in [1.165, 1.54) is 0 Å². The lowest BCUT2D eigenvalue weighted by atomic mass is 10.2. The molecule has 1 rings (SSSR count). The normalized spacial score (nSPS) is 14.5. The molecule has 0 aromatic carbocycles. The number of hydrogen-bond donors (Lipinski definition) is 2. The van der Waals surface area contributed by atoms with Gasteiger partial charge in [0.15, 0.2) is 0 Å². The minimum atomic E-state index is -0.216. The van der Waals surface area contributed by atoms with Gasteiger partial charge in [0.1, 0.15) is 5.82 Å². The molecule has 90 valence electrons. The van der Waals surface area contributed by atoms with Crippen LogP contribution in [0.1, 0.15) is 32.6 Å². The highest BCUT2D eigenvalue weighted by atomic mass is 16.2. The van der Waals surface area contributed by atoms with Gasteiger partial charge in [-0.05, 0) is 20.8 Å². The zero-order chi connectivity index (χ0) is 12.1. The summed E-state index contributed by atoms with van der Waals surface area (Å²) in [6, 6.07) is -0.163. The Morgan fingerprint density at radius 1 is 1.56 bits per heavy atom. The quantitative estimate of drug-likeness (QED) is 0.770. The van der Waals surface area contributed by atoms with Crippen LogP contribution in [0.5, 0.6) is 0 Å². The molecule has 1 heterocycles. The van der Waals surface area contributed by atoms with E-state index in [1.54, 1.807) is 6.20 Å². The fourth-order valence-electron chi connectivity index (χ4n) is 1.65. The van der Waals surface area contributed by atoms with Crippen molar-refractivity contribution in [1.29, 1.82) is 0 Å². The topological polar surface area (TPSA) is 59.0 Å². The molecule has 0 aliphatic heterocycles. The minimum Gasteiger partial charge on any atom is -0.355 e. The van der Waals surface area contributed by atoms with Crippen molar-refractivity contribution in [2.45, 2.75) is 32.9 Å². The fraction of sp³-hybridized carbons (Fsp3) is 0.636. The maximum Gasteiger partial charge on any atom is 0.236 e. The van der Waals surface area contributed by atoms with E-state index in [2.05, 4.69) is 15.6 Å². The van der Waals surface area contributed by atoms with Crippen LogP contribution >= 0.6 is 0 Å². The van der Waals surface area contributed by atoms with E-state index in [0.717, 1.165) is 5.82 Å². The Hall–Kier alpha value is -1.36. The molecule has 0 radical (unpaired) electrons. The van der Waals surface area contributed by atoms with E-state index < -0.39 is 0 Å². The summed E-state index contributed by atoms with van der Waals surface area (Å²) in [6.45, 7) is 6.41. The first-order chi connectivity index (χ1) is 7.56. The highest BCUT2D eigenvalue weighted by molar-refractivity contribution is 5.81. The maximum atomic E-state index is 11.5. The third-order valence-corrected chi connectivity index (χ3v) is 2.49. The van der Waals surface area contributed by atoms with Crippen LogP contribution in [0.15, 0.2) is 12.4 Å². The number of amides is 1. The van der Waals surface area contributed by atoms with Crippen LogP contribution in [0.25, 0.3) is 0 Å². The van der Waals surface area contributed by atoms with Gasteiger partial charge in [0, 0.05) is 26.0 Å². The van der Waals surface area contributed by atoms with Crippen LogP contribution in [0, 0.1) is 0 Å². The predicted molar refractivity (Wildman–Crippen MR) is 62.9 cm³/mol. The van der Waals surface area contributed by atoms with E-state index in [0.29, 0.717) is 6.54 Å². The Morgan fingerprint density at radius 2 is 2.25 bits per heavy atom. The number of hydrogen-bond acceptors (Lipinski definition) is 3. The van der Waals surface area contributed by atoms with Crippen molar-refractivity contribution in [2.24, 2.45) is 7.05 Å². The Labute approximate surface area is 96.3 Å². The third kappa shape index (κ3) is 3.06. The van der Waals surface area contributed by atoms with Gasteiger partial charge in [0.25, 0.3) is 0 Å². The second-order valence-electron chi connectivity index (χ2n) is 3.90. The second-order valence-corrected chi connectivity index (χ2v) is 3.90. The zero-order valence-electron chi connectivity index (χ0n) is 10.3. The van der Waals surface area contributed by atoms with Gasteiger partial charge < -0.3 is 9.88 Å². The largest absolute Gasteiger partial charge is 0.355 e. The number of carbonyl (C=O) groups is 1. The molecule has 5 heteroatoms. The molecule has 0 aliphatic rings. The standard InChI is InChI=1S/C11H20N4O/c1-5-12-11(16)9(3)14-8(2)10-13-6-7-15(10)4/h6-9,14H,5H2,1-4H3,(H,12,16). The fourth-order valence-corrected chi connectivity index (χ4v) is 1.65. The summed E-state index contributed by atoms with van der Waals surface area (Å²) >= 11 is 0. The first kappa shape index (κ1) is 12.7. The summed E-state index contributed by atoms with van der Waals surface area (Å²) in [5.41, 5.74) is 0. The molecule has 0 fully saturated rings. The van der Waals surface area contributed by atoms with Crippen LogP contribution in [0.2, 0.25) is 0 Å². The number of rotatable bonds is 5. The van der Waals surface area contributed by atoms with Crippen LogP contribution < -0.4 is 10.6 Å². The van der Waals surface area contributed by atoms with Gasteiger partial charge in [-0.2, -0.15) is 0 Å². The number of carbonyl (C=O) groups excluding carboxylic acids is 1. The monoisotopic (exact) mass is 224 g/mol. The van der Waals surface area contributed by atoms with E-state index in [9.17, 15) is 4.79 Å². The molecule has 2 unspecified atom stereocenters. The van der Waals surface area contributed by atoms with Crippen molar-refractivity contribution in [2.75, 3.05) is 6.54 Å². The average Bonchev–Trinajstić information content (AvgIpc) is 2.64. The molecule has 5 nitrogen and oxygen atoms in total. The van der Waals surface area contributed by atoms with E-state index >= 15 is 0 Å². The summed E-state index contributed by atoms with van der Waals surface area (Å²) < 4.78 is 1.95. The number of aryl methyl sites for hydroxylation is 1. The SMILES string of the molecule is CCNC(=O)C(C)NC(C)c1nccn1C. The van der Waals surface area contributed by atoms with Gasteiger partial charge in [-0.3, -0.25) is 10.1 Å². The highest BCUT2D eigenvalue weighted by Gasteiger charge is 2.17. The smallest absolute Gasteiger partial charge is 0.236 e. The molecule has 0 bridgehead atoms. The number of aromatic nitrogens is 2. The molecular formula is C11H20N4O. The Bertz CT molecular complexity index is 348. The number of nitrogens with one attached hydrogen (secondary N) is 2. The molecule has 16 heavy (non-hydrogen) atoms. The number of nitrogens with zero attached hydrogens (tertiary/aromatic N) is 2. The second kappa shape index (κ2) is 5.65. The zero-order valence-corrected chi connectivity index (χ0v) is 10.3. The van der Waals surface area contributed by atoms with E-state index in [4.69, 9.17) is 0 Å². The number of likely N-dealkylation sites (N-methyl/N-ethyl adjacent to an activating group) is 1. The third-order valence-electron chi connectivity index (χ3n) is 2.49. The van der Waals surface area contributed by atoms with Gasteiger partial charge in [-0.25, -0.2) is 4.98 Å². The Balaban J connectivity index is 2.54. The lowest BCUT2D eigenvalue weighted by Crippen LogP contribution is -2.43.